The summed E-state index contributed by atoms with van der Waals surface area (Å²) in [7, 11) is 0. The fourth-order valence-corrected chi connectivity index (χ4v) is 3.51. The molecule has 0 aliphatic heterocycles. The summed E-state index contributed by atoms with van der Waals surface area (Å²) in [5.41, 5.74) is 5.46. The molecule has 1 unspecified atom stereocenters. The predicted molar refractivity (Wildman–Crippen MR) is 104 cm³/mol. The van der Waals surface area contributed by atoms with Gasteiger partial charge in [-0.05, 0) is 67.3 Å². The summed E-state index contributed by atoms with van der Waals surface area (Å²) < 4.78 is 0. The first-order chi connectivity index (χ1) is 12.6. The molecule has 0 radical (unpaired) electrons. The quantitative estimate of drug-likeness (QED) is 0.816. The molecule has 1 atom stereocenters. The number of nitrogens with one attached hydrogen (secondary N) is 2. The molecule has 3 rings (SSSR count). The van der Waals surface area contributed by atoms with Crippen molar-refractivity contribution >= 4 is 17.5 Å². The lowest BCUT2D eigenvalue weighted by molar-refractivity contribution is -0.136. The molecule has 0 saturated heterocycles. The van der Waals surface area contributed by atoms with Crippen molar-refractivity contribution in [1.82, 2.24) is 5.32 Å². The van der Waals surface area contributed by atoms with Crippen LogP contribution in [0.25, 0.3) is 0 Å². The number of hydrogen-bond donors (Lipinski definition) is 2. The van der Waals surface area contributed by atoms with Crippen LogP contribution in [0, 0.1) is 6.92 Å². The molecule has 2 aromatic rings. The molecule has 4 nitrogen and oxygen atoms in total. The van der Waals surface area contributed by atoms with Gasteiger partial charge < -0.3 is 10.6 Å². The van der Waals surface area contributed by atoms with Gasteiger partial charge in [0.25, 0.3) is 0 Å². The van der Waals surface area contributed by atoms with E-state index in [4.69, 9.17) is 0 Å². The van der Waals surface area contributed by atoms with E-state index in [1.54, 1.807) is 6.07 Å². The Hall–Kier alpha value is -2.62. The molecule has 2 N–H and O–H groups in total. The Labute approximate surface area is 155 Å². The van der Waals surface area contributed by atoms with Crippen LogP contribution in [-0.2, 0) is 22.4 Å². The van der Waals surface area contributed by atoms with Crippen LogP contribution in [0.15, 0.2) is 42.5 Å². The molecule has 0 saturated carbocycles. The first-order valence-electron chi connectivity index (χ1n) is 9.37. The lowest BCUT2D eigenvalue weighted by Gasteiger charge is -2.21. The van der Waals surface area contributed by atoms with Crippen LogP contribution in [0.5, 0.6) is 0 Å². The molecule has 1 aliphatic rings. The predicted octanol–water partition coefficient (Wildman–Crippen LogP) is 4.08. The summed E-state index contributed by atoms with van der Waals surface area (Å²) >= 11 is 0. The molecule has 136 valence electrons. The molecule has 26 heavy (non-hydrogen) atoms. The Kier molecular flexibility index (Phi) is 5.71. The summed E-state index contributed by atoms with van der Waals surface area (Å²) in [5, 5.41) is 5.57. The number of rotatable bonds is 4. The van der Waals surface area contributed by atoms with Crippen LogP contribution >= 0.6 is 0 Å². The van der Waals surface area contributed by atoms with E-state index in [1.165, 1.54) is 24.0 Å². The Balaban J connectivity index is 1.68. The lowest BCUT2D eigenvalue weighted by atomic mass is 9.89. The highest BCUT2D eigenvalue weighted by atomic mass is 16.2. The average Bonchev–Trinajstić information content (AvgIpc) is 2.67. The summed E-state index contributed by atoms with van der Waals surface area (Å²) in [4.78, 5) is 24.6. The van der Waals surface area contributed by atoms with Crippen LogP contribution in [0.4, 0.5) is 5.69 Å². The molecular weight excluding hydrogens is 324 g/mol. The van der Waals surface area contributed by atoms with Crippen molar-refractivity contribution in [2.24, 2.45) is 0 Å². The van der Waals surface area contributed by atoms with Gasteiger partial charge in [0, 0.05) is 5.69 Å². The van der Waals surface area contributed by atoms with Crippen LogP contribution in [-0.4, -0.2) is 11.8 Å². The highest BCUT2D eigenvalue weighted by molar-refractivity contribution is 6.39. The molecule has 0 bridgehead atoms. The van der Waals surface area contributed by atoms with Crippen molar-refractivity contribution in [1.29, 1.82) is 0 Å². The Morgan fingerprint density at radius 3 is 2.46 bits per heavy atom. The van der Waals surface area contributed by atoms with Gasteiger partial charge in [0.05, 0.1) is 6.04 Å². The van der Waals surface area contributed by atoms with E-state index in [0.717, 1.165) is 30.4 Å². The van der Waals surface area contributed by atoms with Crippen LogP contribution in [0.1, 0.15) is 54.5 Å². The van der Waals surface area contributed by atoms with Crippen molar-refractivity contribution in [2.45, 2.75) is 52.0 Å². The summed E-state index contributed by atoms with van der Waals surface area (Å²) in [6.45, 7) is 3.92. The van der Waals surface area contributed by atoms with Gasteiger partial charge in [-0.25, -0.2) is 0 Å². The maximum atomic E-state index is 12.4. The van der Waals surface area contributed by atoms with E-state index in [9.17, 15) is 9.59 Å². The minimum atomic E-state index is -0.629. The smallest absolute Gasteiger partial charge is 0.313 e. The van der Waals surface area contributed by atoms with E-state index in [2.05, 4.69) is 28.8 Å². The normalized spacial score (nSPS) is 14.2. The monoisotopic (exact) mass is 350 g/mol. The zero-order valence-electron chi connectivity index (χ0n) is 15.5. The second kappa shape index (κ2) is 8.17. The number of amides is 2. The summed E-state index contributed by atoms with van der Waals surface area (Å²) in [5.74, 6) is -1.23. The van der Waals surface area contributed by atoms with E-state index < -0.39 is 11.8 Å². The van der Waals surface area contributed by atoms with Gasteiger partial charge >= 0.3 is 11.8 Å². The minimum absolute atomic E-state index is 0.155. The average molecular weight is 350 g/mol. The third-order valence-corrected chi connectivity index (χ3v) is 5.09. The van der Waals surface area contributed by atoms with Gasteiger partial charge in [0.15, 0.2) is 0 Å². The van der Waals surface area contributed by atoms with Crippen molar-refractivity contribution < 1.29 is 9.59 Å². The van der Waals surface area contributed by atoms with Gasteiger partial charge in [-0.2, -0.15) is 0 Å². The number of carbonyl (C=O) groups is 2. The number of hydrogen-bond acceptors (Lipinski definition) is 2. The fraction of sp³-hybridized carbons (Fsp3) is 0.364. The third-order valence-electron chi connectivity index (χ3n) is 5.09. The molecular formula is C22H26N2O2. The van der Waals surface area contributed by atoms with Gasteiger partial charge in [0.1, 0.15) is 0 Å². The van der Waals surface area contributed by atoms with E-state index >= 15 is 0 Å². The number of carbonyl (C=O) groups excluding carboxylic acids is 2. The number of aryl methyl sites for hydroxylation is 3. The number of anilines is 1. The number of benzene rings is 2. The number of para-hydroxylation sites is 1. The molecule has 0 heterocycles. The second-order valence-electron chi connectivity index (χ2n) is 6.94. The van der Waals surface area contributed by atoms with E-state index in [0.29, 0.717) is 5.69 Å². The third kappa shape index (κ3) is 4.13. The summed E-state index contributed by atoms with van der Waals surface area (Å²) in [6.07, 6.45) is 5.44. The van der Waals surface area contributed by atoms with Crippen molar-refractivity contribution in [3.05, 3.63) is 64.7 Å². The molecule has 1 aliphatic carbocycles. The summed E-state index contributed by atoms with van der Waals surface area (Å²) in [6, 6.07) is 13.7. The van der Waals surface area contributed by atoms with Gasteiger partial charge in [-0.15, -0.1) is 0 Å². The van der Waals surface area contributed by atoms with Crippen LogP contribution < -0.4 is 10.6 Å². The zero-order valence-corrected chi connectivity index (χ0v) is 15.5. The van der Waals surface area contributed by atoms with Gasteiger partial charge in [0.2, 0.25) is 0 Å². The second-order valence-corrected chi connectivity index (χ2v) is 6.94. The standard InChI is InChI=1S/C22H26N2O2/c1-3-19(18-13-12-16-9-5-6-10-17(16)14-18)23-21(25)22(26)24-20-11-7-4-8-15(20)2/h4,7-8,11-14,19H,3,5-6,9-10H2,1-2H3,(H,23,25)(H,24,26). The van der Waals surface area contributed by atoms with Gasteiger partial charge in [-0.1, -0.05) is 43.3 Å². The van der Waals surface area contributed by atoms with E-state index in [-0.39, 0.29) is 6.04 Å². The molecule has 4 heteroatoms. The van der Waals surface area contributed by atoms with Crippen molar-refractivity contribution in [3.8, 4) is 0 Å². The van der Waals surface area contributed by atoms with Crippen LogP contribution in [0.3, 0.4) is 0 Å². The largest absolute Gasteiger partial charge is 0.341 e. The fourth-order valence-electron chi connectivity index (χ4n) is 3.51. The highest BCUT2D eigenvalue weighted by Gasteiger charge is 2.20. The highest BCUT2D eigenvalue weighted by Crippen LogP contribution is 2.26. The molecule has 0 fully saturated rings. The SMILES string of the molecule is CCC(NC(=O)C(=O)Nc1ccccc1C)c1ccc2c(c1)CCCC2. The molecule has 0 spiro atoms. The van der Waals surface area contributed by atoms with Gasteiger partial charge in [-0.3, -0.25) is 9.59 Å². The Morgan fingerprint density at radius 2 is 1.73 bits per heavy atom. The first-order valence-corrected chi connectivity index (χ1v) is 9.37. The lowest BCUT2D eigenvalue weighted by Crippen LogP contribution is -2.37. The minimum Gasteiger partial charge on any atom is -0.341 e. The number of fused-ring (bicyclic) bond motifs is 1. The first kappa shape index (κ1) is 18.2. The molecule has 2 aromatic carbocycles. The Bertz CT molecular complexity index is 814. The maximum absolute atomic E-state index is 12.4. The molecule has 0 aromatic heterocycles. The topological polar surface area (TPSA) is 58.2 Å². The Morgan fingerprint density at radius 1 is 1.00 bits per heavy atom. The molecule has 2 amide bonds. The maximum Gasteiger partial charge on any atom is 0.313 e. The van der Waals surface area contributed by atoms with Crippen molar-refractivity contribution in [3.63, 3.8) is 0 Å². The zero-order chi connectivity index (χ0) is 18.5. The van der Waals surface area contributed by atoms with Crippen LogP contribution in [0.2, 0.25) is 0 Å². The van der Waals surface area contributed by atoms with E-state index in [1.807, 2.05) is 32.0 Å². The van der Waals surface area contributed by atoms with Crippen molar-refractivity contribution in [2.75, 3.05) is 5.32 Å².